The molecule has 0 aliphatic heterocycles. The molecule has 1 atom stereocenters. The van der Waals surface area contributed by atoms with Gasteiger partial charge in [-0.1, -0.05) is 18.2 Å². The van der Waals surface area contributed by atoms with Crippen LogP contribution in [0.3, 0.4) is 0 Å². The summed E-state index contributed by atoms with van der Waals surface area (Å²) in [5, 5.41) is 3.83. The summed E-state index contributed by atoms with van der Waals surface area (Å²) in [6.07, 6.45) is 1.48. The van der Waals surface area contributed by atoms with Gasteiger partial charge in [0.15, 0.2) is 0 Å². The Balaban J connectivity index is 1.42. The van der Waals surface area contributed by atoms with Crippen LogP contribution in [-0.4, -0.2) is 14.3 Å². The fourth-order valence-electron chi connectivity index (χ4n) is 3.02. The zero-order chi connectivity index (χ0) is 21.1. The molecule has 0 saturated carbocycles. The van der Waals surface area contributed by atoms with Crippen LogP contribution in [0.1, 0.15) is 34.8 Å². The van der Waals surface area contributed by atoms with E-state index < -0.39 is 10.0 Å². The summed E-state index contributed by atoms with van der Waals surface area (Å²) < 4.78 is 38.1. The monoisotopic (exact) mass is 424 g/mol. The highest BCUT2D eigenvalue weighted by molar-refractivity contribution is 7.89. The number of hydrogen-bond acceptors (Lipinski definition) is 5. The van der Waals surface area contributed by atoms with Gasteiger partial charge in [-0.15, -0.1) is 0 Å². The third-order valence-electron chi connectivity index (χ3n) is 4.66. The topological polar surface area (TPSA) is 102 Å². The van der Waals surface area contributed by atoms with Gasteiger partial charge in [-0.3, -0.25) is 4.79 Å². The van der Waals surface area contributed by atoms with E-state index in [1.54, 1.807) is 12.1 Å². The van der Waals surface area contributed by atoms with Crippen molar-refractivity contribution in [2.75, 3.05) is 0 Å². The zero-order valence-electron chi connectivity index (χ0n) is 16.2. The van der Waals surface area contributed by atoms with E-state index >= 15 is 0 Å². The summed E-state index contributed by atoms with van der Waals surface area (Å²) in [5.74, 6) is 0.829. The second-order valence-corrected chi connectivity index (χ2v) is 8.58. The van der Waals surface area contributed by atoms with Gasteiger partial charge in [0.2, 0.25) is 10.0 Å². The Bertz CT molecular complexity index is 1230. The molecule has 0 aliphatic carbocycles. The van der Waals surface area contributed by atoms with Crippen LogP contribution in [0.15, 0.2) is 86.7 Å². The summed E-state index contributed by atoms with van der Waals surface area (Å²) in [6.45, 7) is 1.87. The van der Waals surface area contributed by atoms with E-state index in [4.69, 9.17) is 8.83 Å². The highest BCUT2D eigenvalue weighted by atomic mass is 32.2. The number of hydrogen-bond donors (Lipinski definition) is 2. The summed E-state index contributed by atoms with van der Waals surface area (Å²) in [5.41, 5.74) is 1.10. The molecule has 4 rings (SSSR count). The van der Waals surface area contributed by atoms with E-state index in [1.807, 2.05) is 37.3 Å². The average molecular weight is 424 g/mol. The van der Waals surface area contributed by atoms with Crippen LogP contribution in [0, 0.1) is 0 Å². The number of rotatable bonds is 7. The second-order valence-electron chi connectivity index (χ2n) is 6.81. The molecule has 2 heterocycles. The molecule has 30 heavy (non-hydrogen) atoms. The maximum absolute atomic E-state index is 12.6. The zero-order valence-corrected chi connectivity index (χ0v) is 17.0. The minimum atomic E-state index is -3.72. The Hall–Kier alpha value is -3.36. The van der Waals surface area contributed by atoms with Crippen LogP contribution < -0.4 is 10.0 Å². The number of carbonyl (C=O) groups is 1. The molecule has 0 radical (unpaired) electrons. The molecule has 4 aromatic rings. The summed E-state index contributed by atoms with van der Waals surface area (Å²) in [7, 11) is -3.72. The van der Waals surface area contributed by atoms with E-state index in [2.05, 4.69) is 10.0 Å². The Morgan fingerprint density at radius 1 is 1.03 bits per heavy atom. The highest BCUT2D eigenvalue weighted by Gasteiger charge is 2.18. The van der Waals surface area contributed by atoms with Gasteiger partial charge in [0.1, 0.15) is 17.1 Å². The molecule has 1 amide bonds. The van der Waals surface area contributed by atoms with Crippen molar-refractivity contribution >= 4 is 26.9 Å². The van der Waals surface area contributed by atoms with Crippen LogP contribution in [0.25, 0.3) is 11.0 Å². The standard InChI is InChI=1S/C22H20N2O5S/c1-15(21-13-17-5-2-3-7-20(17)29-21)24-22(25)16-8-10-19(11-9-16)30(26,27)23-14-18-6-4-12-28-18/h2-13,15,23H,14H2,1H3,(H,24,25)/t15-/m1/s1. The largest absolute Gasteiger partial charge is 0.468 e. The highest BCUT2D eigenvalue weighted by Crippen LogP contribution is 2.24. The molecule has 2 aromatic carbocycles. The second kappa shape index (κ2) is 8.17. The number of fused-ring (bicyclic) bond motifs is 1. The average Bonchev–Trinajstić information content (AvgIpc) is 3.42. The normalized spacial score (nSPS) is 12.7. The van der Waals surface area contributed by atoms with Crippen molar-refractivity contribution in [3.05, 3.63) is 90.1 Å². The van der Waals surface area contributed by atoms with E-state index in [-0.39, 0.29) is 23.4 Å². The first-order chi connectivity index (χ1) is 14.4. The van der Waals surface area contributed by atoms with Gasteiger partial charge >= 0.3 is 0 Å². The molecule has 7 nitrogen and oxygen atoms in total. The Kier molecular flexibility index (Phi) is 5.43. The Morgan fingerprint density at radius 3 is 2.50 bits per heavy atom. The molecule has 0 spiro atoms. The molecule has 2 aromatic heterocycles. The minimum absolute atomic E-state index is 0.0482. The molecule has 0 saturated heterocycles. The van der Waals surface area contributed by atoms with Gasteiger partial charge in [0.05, 0.1) is 23.7 Å². The maximum atomic E-state index is 12.6. The SMILES string of the molecule is C[C@@H](NC(=O)c1ccc(S(=O)(=O)NCc2ccco2)cc1)c1cc2ccccc2o1. The summed E-state index contributed by atoms with van der Waals surface area (Å²) in [4.78, 5) is 12.6. The van der Waals surface area contributed by atoms with Crippen molar-refractivity contribution < 1.29 is 22.0 Å². The number of furan rings is 2. The Labute approximate surface area is 173 Å². The lowest BCUT2D eigenvalue weighted by Crippen LogP contribution is -2.26. The van der Waals surface area contributed by atoms with Crippen LogP contribution in [0.4, 0.5) is 0 Å². The minimum Gasteiger partial charge on any atom is -0.468 e. The van der Waals surface area contributed by atoms with E-state index in [1.165, 1.54) is 30.5 Å². The lowest BCUT2D eigenvalue weighted by molar-refractivity contribution is 0.0935. The predicted octanol–water partition coefficient (Wildman–Crippen LogP) is 4.00. The van der Waals surface area contributed by atoms with E-state index in [0.717, 1.165) is 11.0 Å². The summed E-state index contributed by atoms with van der Waals surface area (Å²) >= 11 is 0. The van der Waals surface area contributed by atoms with Crippen molar-refractivity contribution in [2.45, 2.75) is 24.4 Å². The molecule has 8 heteroatoms. The van der Waals surface area contributed by atoms with E-state index in [0.29, 0.717) is 17.1 Å². The van der Waals surface area contributed by atoms with Gasteiger partial charge in [-0.05, 0) is 55.5 Å². The molecular weight excluding hydrogens is 404 g/mol. The summed E-state index contributed by atoms with van der Waals surface area (Å²) in [6, 6.07) is 18.3. The fourth-order valence-corrected chi connectivity index (χ4v) is 4.01. The van der Waals surface area contributed by atoms with Crippen LogP contribution in [0.2, 0.25) is 0 Å². The van der Waals surface area contributed by atoms with Gasteiger partial charge in [0, 0.05) is 10.9 Å². The molecule has 0 unspecified atom stereocenters. The first kappa shape index (κ1) is 19.9. The van der Waals surface area contributed by atoms with Crippen molar-refractivity contribution in [1.29, 1.82) is 0 Å². The van der Waals surface area contributed by atoms with Gasteiger partial charge in [0.25, 0.3) is 5.91 Å². The van der Waals surface area contributed by atoms with Crippen LogP contribution in [0.5, 0.6) is 0 Å². The number of para-hydroxylation sites is 1. The van der Waals surface area contributed by atoms with Crippen molar-refractivity contribution in [1.82, 2.24) is 10.0 Å². The van der Waals surface area contributed by atoms with Crippen molar-refractivity contribution in [3.8, 4) is 0 Å². The van der Waals surface area contributed by atoms with Gasteiger partial charge in [-0.2, -0.15) is 0 Å². The molecule has 0 aliphatic rings. The number of benzene rings is 2. The first-order valence-electron chi connectivity index (χ1n) is 9.34. The predicted molar refractivity (Wildman–Crippen MR) is 111 cm³/mol. The first-order valence-corrected chi connectivity index (χ1v) is 10.8. The molecule has 0 fully saturated rings. The molecular formula is C22H20N2O5S. The van der Waals surface area contributed by atoms with Gasteiger partial charge in [-0.25, -0.2) is 13.1 Å². The quantitative estimate of drug-likeness (QED) is 0.467. The Morgan fingerprint density at radius 2 is 1.80 bits per heavy atom. The number of nitrogens with one attached hydrogen (secondary N) is 2. The van der Waals surface area contributed by atoms with E-state index in [9.17, 15) is 13.2 Å². The lowest BCUT2D eigenvalue weighted by atomic mass is 10.1. The van der Waals surface area contributed by atoms with Crippen molar-refractivity contribution in [2.24, 2.45) is 0 Å². The van der Waals surface area contributed by atoms with Crippen LogP contribution >= 0.6 is 0 Å². The molecule has 0 bridgehead atoms. The number of sulfonamides is 1. The number of carbonyl (C=O) groups excluding carboxylic acids is 1. The fraction of sp³-hybridized carbons (Fsp3) is 0.136. The lowest BCUT2D eigenvalue weighted by Gasteiger charge is -2.12. The van der Waals surface area contributed by atoms with Gasteiger partial charge < -0.3 is 14.2 Å². The maximum Gasteiger partial charge on any atom is 0.251 e. The van der Waals surface area contributed by atoms with Crippen molar-refractivity contribution in [3.63, 3.8) is 0 Å². The number of amides is 1. The molecule has 154 valence electrons. The third-order valence-corrected chi connectivity index (χ3v) is 6.08. The third kappa shape index (κ3) is 4.29. The van der Waals surface area contributed by atoms with Crippen LogP contribution in [-0.2, 0) is 16.6 Å². The molecule has 2 N–H and O–H groups in total. The smallest absolute Gasteiger partial charge is 0.251 e.